The van der Waals surface area contributed by atoms with Crippen LogP contribution in [0.1, 0.15) is 71.5 Å². The van der Waals surface area contributed by atoms with E-state index in [-0.39, 0.29) is 24.1 Å². The molecule has 33 heavy (non-hydrogen) atoms. The van der Waals surface area contributed by atoms with E-state index in [9.17, 15) is 14.4 Å². The average molecular weight is 444 g/mol. The third-order valence-electron chi connectivity index (χ3n) is 8.11. The summed E-state index contributed by atoms with van der Waals surface area (Å²) in [7, 11) is 0. The third-order valence-corrected chi connectivity index (χ3v) is 8.11. The molecule has 6 rings (SSSR count). The van der Waals surface area contributed by atoms with Crippen molar-refractivity contribution >= 4 is 17.7 Å². The van der Waals surface area contributed by atoms with E-state index in [1.807, 2.05) is 6.07 Å². The van der Waals surface area contributed by atoms with Crippen LogP contribution in [0.5, 0.6) is 0 Å². The van der Waals surface area contributed by atoms with Crippen molar-refractivity contribution in [2.45, 2.75) is 69.1 Å². The molecule has 4 aliphatic rings. The summed E-state index contributed by atoms with van der Waals surface area (Å²) in [6.45, 7) is 2.57. The summed E-state index contributed by atoms with van der Waals surface area (Å²) in [5.74, 6) is -0.198. The summed E-state index contributed by atoms with van der Waals surface area (Å²) in [4.78, 5) is 41.1. The van der Waals surface area contributed by atoms with Gasteiger partial charge in [-0.3, -0.25) is 24.6 Å². The predicted molar refractivity (Wildman–Crippen MR) is 123 cm³/mol. The van der Waals surface area contributed by atoms with Crippen molar-refractivity contribution in [3.05, 3.63) is 70.8 Å². The fourth-order valence-electron chi connectivity index (χ4n) is 6.09. The second kappa shape index (κ2) is 7.80. The molecule has 1 saturated carbocycles. The molecule has 6 heteroatoms. The highest BCUT2D eigenvalue weighted by Crippen LogP contribution is 2.53. The highest BCUT2D eigenvalue weighted by molar-refractivity contribution is 6.05. The number of benzene rings is 2. The minimum Gasteiger partial charge on any atom is -0.322 e. The van der Waals surface area contributed by atoms with Gasteiger partial charge in [-0.2, -0.15) is 0 Å². The number of fused-ring (bicyclic) bond motifs is 1. The molecule has 2 aromatic carbocycles. The number of hydrogen-bond acceptors (Lipinski definition) is 4. The second-order valence-corrected chi connectivity index (χ2v) is 10.1. The lowest BCUT2D eigenvalue weighted by Gasteiger charge is -2.40. The zero-order chi connectivity index (χ0) is 22.6. The molecule has 3 fully saturated rings. The number of piperidine rings is 2. The molecular formula is C27H29N3O3. The van der Waals surface area contributed by atoms with Crippen LogP contribution in [0.4, 0.5) is 0 Å². The Hall–Kier alpha value is -2.99. The van der Waals surface area contributed by atoms with Crippen molar-refractivity contribution in [2.24, 2.45) is 0 Å². The average Bonchev–Trinajstić information content (AvgIpc) is 3.51. The quantitative estimate of drug-likeness (QED) is 0.736. The van der Waals surface area contributed by atoms with E-state index in [0.29, 0.717) is 30.0 Å². The smallest absolute Gasteiger partial charge is 0.255 e. The Bertz CT molecular complexity index is 1120. The van der Waals surface area contributed by atoms with E-state index >= 15 is 0 Å². The Morgan fingerprint density at radius 3 is 2.58 bits per heavy atom. The number of likely N-dealkylation sites (tertiary alicyclic amines) is 1. The number of carbonyl (C=O) groups is 3. The first-order valence-electron chi connectivity index (χ1n) is 12.1. The molecule has 3 amide bonds. The highest BCUT2D eigenvalue weighted by atomic mass is 16.2. The number of nitrogens with one attached hydrogen (secondary N) is 1. The summed E-state index contributed by atoms with van der Waals surface area (Å²) >= 11 is 0. The van der Waals surface area contributed by atoms with Crippen LogP contribution in [0.15, 0.2) is 48.5 Å². The van der Waals surface area contributed by atoms with Crippen molar-refractivity contribution in [1.82, 2.24) is 15.1 Å². The van der Waals surface area contributed by atoms with Crippen LogP contribution in [0.25, 0.3) is 0 Å². The van der Waals surface area contributed by atoms with E-state index in [4.69, 9.17) is 0 Å². The van der Waals surface area contributed by atoms with Crippen LogP contribution in [0.3, 0.4) is 0 Å². The summed E-state index contributed by atoms with van der Waals surface area (Å²) in [5, 5.41) is 2.38. The van der Waals surface area contributed by atoms with Gasteiger partial charge in [-0.1, -0.05) is 42.5 Å². The largest absolute Gasteiger partial charge is 0.322 e. The molecule has 2 unspecified atom stereocenters. The molecule has 170 valence electrons. The van der Waals surface area contributed by atoms with Gasteiger partial charge in [0.2, 0.25) is 11.8 Å². The molecule has 1 aliphatic carbocycles. The molecule has 3 aliphatic heterocycles. The molecule has 2 aromatic rings. The molecule has 1 N–H and O–H groups in total. The molecule has 0 radical (unpaired) electrons. The minimum absolute atomic E-state index is 0.0950. The lowest BCUT2D eigenvalue weighted by atomic mass is 9.82. The number of amides is 3. The Balaban J connectivity index is 1.17. The summed E-state index contributed by atoms with van der Waals surface area (Å²) < 4.78 is 0. The Morgan fingerprint density at radius 2 is 1.82 bits per heavy atom. The van der Waals surface area contributed by atoms with Gasteiger partial charge < -0.3 is 4.90 Å². The van der Waals surface area contributed by atoms with Crippen molar-refractivity contribution in [1.29, 1.82) is 0 Å². The van der Waals surface area contributed by atoms with Gasteiger partial charge in [-0.05, 0) is 67.3 Å². The van der Waals surface area contributed by atoms with Gasteiger partial charge in [0.1, 0.15) is 6.04 Å². The Labute approximate surface area is 193 Å². The summed E-state index contributed by atoms with van der Waals surface area (Å²) in [6.07, 6.45) is 5.51. The molecule has 6 nitrogen and oxygen atoms in total. The first kappa shape index (κ1) is 20.6. The molecule has 0 bridgehead atoms. The van der Waals surface area contributed by atoms with Gasteiger partial charge in [0.15, 0.2) is 0 Å². The predicted octanol–water partition coefficient (Wildman–Crippen LogP) is 3.36. The van der Waals surface area contributed by atoms with Crippen molar-refractivity contribution in [2.75, 3.05) is 6.54 Å². The second-order valence-electron chi connectivity index (χ2n) is 10.1. The molecule has 2 saturated heterocycles. The van der Waals surface area contributed by atoms with Crippen molar-refractivity contribution < 1.29 is 14.4 Å². The van der Waals surface area contributed by atoms with Gasteiger partial charge in [0.05, 0.1) is 0 Å². The zero-order valence-electron chi connectivity index (χ0n) is 18.8. The van der Waals surface area contributed by atoms with Crippen LogP contribution >= 0.6 is 0 Å². The van der Waals surface area contributed by atoms with E-state index in [2.05, 4.69) is 52.7 Å². The number of hydrogen-bond donors (Lipinski definition) is 1. The maximum atomic E-state index is 13.0. The SMILES string of the molecule is O=C1CCC(N2Cc3cc(C4CCN(Cc5ccccc5)C5(CC5)C4)ccc3C2=O)C(=O)N1. The lowest BCUT2D eigenvalue weighted by Crippen LogP contribution is -2.52. The Kier molecular flexibility index (Phi) is 4.87. The van der Waals surface area contributed by atoms with E-state index in [1.165, 1.54) is 30.4 Å². The molecule has 3 heterocycles. The monoisotopic (exact) mass is 443 g/mol. The number of rotatable bonds is 4. The maximum absolute atomic E-state index is 13.0. The van der Waals surface area contributed by atoms with E-state index < -0.39 is 6.04 Å². The van der Waals surface area contributed by atoms with Gasteiger partial charge in [0, 0.05) is 30.6 Å². The minimum atomic E-state index is -0.554. The summed E-state index contributed by atoms with van der Waals surface area (Å²) in [5.41, 5.74) is 4.74. The van der Waals surface area contributed by atoms with Crippen molar-refractivity contribution in [3.8, 4) is 0 Å². The Morgan fingerprint density at radius 1 is 1.00 bits per heavy atom. The van der Waals surface area contributed by atoms with Gasteiger partial charge in [0.25, 0.3) is 5.91 Å². The third kappa shape index (κ3) is 3.66. The molecule has 2 atom stereocenters. The molecule has 0 aromatic heterocycles. The van der Waals surface area contributed by atoms with Gasteiger partial charge in [-0.15, -0.1) is 0 Å². The fourth-order valence-corrected chi connectivity index (χ4v) is 6.09. The highest BCUT2D eigenvalue weighted by Gasteiger charge is 2.51. The maximum Gasteiger partial charge on any atom is 0.255 e. The number of imide groups is 1. The van der Waals surface area contributed by atoms with Crippen molar-refractivity contribution in [3.63, 3.8) is 0 Å². The topological polar surface area (TPSA) is 69.7 Å². The van der Waals surface area contributed by atoms with Crippen LogP contribution in [-0.2, 0) is 22.7 Å². The first-order valence-corrected chi connectivity index (χ1v) is 12.1. The fraction of sp³-hybridized carbons (Fsp3) is 0.444. The van der Waals surface area contributed by atoms with Gasteiger partial charge in [-0.25, -0.2) is 0 Å². The molecular weight excluding hydrogens is 414 g/mol. The van der Waals surface area contributed by atoms with E-state index in [1.54, 1.807) is 4.90 Å². The number of nitrogens with zero attached hydrogens (tertiary/aromatic N) is 2. The first-order chi connectivity index (χ1) is 16.0. The van der Waals surface area contributed by atoms with Gasteiger partial charge >= 0.3 is 0 Å². The van der Waals surface area contributed by atoms with Crippen LogP contribution < -0.4 is 5.32 Å². The number of carbonyl (C=O) groups excluding carboxylic acids is 3. The lowest BCUT2D eigenvalue weighted by molar-refractivity contribution is -0.136. The summed E-state index contributed by atoms with van der Waals surface area (Å²) in [6, 6.07) is 16.5. The van der Waals surface area contributed by atoms with Crippen LogP contribution in [0, 0.1) is 0 Å². The van der Waals surface area contributed by atoms with Crippen LogP contribution in [0.2, 0.25) is 0 Å². The molecule has 1 spiro atoms. The van der Waals surface area contributed by atoms with E-state index in [0.717, 1.165) is 25.1 Å². The standard InChI is InChI=1S/C27H29N3O3/c31-24-9-8-23(25(32)28-24)30-17-21-14-19(6-7-22(21)26(30)33)20-10-13-29(27(15-20)11-12-27)16-18-4-2-1-3-5-18/h1-7,14,20,23H,8-13,15-17H2,(H,28,31,32). The normalized spacial score (nSPS) is 26.4. The zero-order valence-corrected chi connectivity index (χ0v) is 18.8. The van der Waals surface area contributed by atoms with Crippen LogP contribution in [-0.4, -0.2) is 45.6 Å².